The van der Waals surface area contributed by atoms with Crippen molar-refractivity contribution in [3.8, 4) is 0 Å². The number of rotatable bonds is 0. The van der Waals surface area contributed by atoms with Gasteiger partial charge in [-0.15, -0.1) is 0 Å². The van der Waals surface area contributed by atoms with E-state index < -0.39 is 0 Å². The quantitative estimate of drug-likeness (QED) is 0.586. The minimum absolute atomic E-state index is 0.0660. The molecule has 2 aliphatic rings. The van der Waals surface area contributed by atoms with Gasteiger partial charge in [-0.05, 0) is 25.7 Å². The first kappa shape index (κ1) is 8.09. The van der Waals surface area contributed by atoms with E-state index in [4.69, 9.17) is 0 Å². The number of nitrogens with one attached hydrogen (secondary N) is 1. The highest BCUT2D eigenvalue weighted by molar-refractivity contribution is 5.83. The second-order valence-corrected chi connectivity index (χ2v) is 4.20. The molecule has 1 spiro atoms. The van der Waals surface area contributed by atoms with Crippen molar-refractivity contribution in [2.75, 3.05) is 6.54 Å². The lowest BCUT2D eigenvalue weighted by atomic mass is 9.81. The van der Waals surface area contributed by atoms with Gasteiger partial charge in [-0.2, -0.15) is 0 Å². The number of hydrogen-bond donors (Lipinski definition) is 1. The number of carbonyl (C=O) groups is 1. The van der Waals surface area contributed by atoms with Gasteiger partial charge in [0.25, 0.3) is 0 Å². The van der Waals surface area contributed by atoms with E-state index in [-0.39, 0.29) is 5.41 Å². The van der Waals surface area contributed by atoms with Gasteiger partial charge in [0.15, 0.2) is 0 Å². The van der Waals surface area contributed by atoms with E-state index >= 15 is 0 Å². The predicted molar refractivity (Wildman–Crippen MR) is 47.8 cm³/mol. The Labute approximate surface area is 73.7 Å². The lowest BCUT2D eigenvalue weighted by molar-refractivity contribution is -0.130. The highest BCUT2D eigenvalue weighted by Gasteiger charge is 2.40. The van der Waals surface area contributed by atoms with Crippen molar-refractivity contribution in [3.05, 3.63) is 0 Å². The fraction of sp³-hybridized carbons (Fsp3) is 0.900. The first-order chi connectivity index (χ1) is 5.83. The maximum absolute atomic E-state index is 11.7. The monoisotopic (exact) mass is 167 g/mol. The molecule has 0 aromatic rings. The van der Waals surface area contributed by atoms with Crippen LogP contribution in [-0.4, -0.2) is 12.5 Å². The topological polar surface area (TPSA) is 29.1 Å². The summed E-state index contributed by atoms with van der Waals surface area (Å²) in [7, 11) is 0. The molecule has 2 nitrogen and oxygen atoms in total. The van der Waals surface area contributed by atoms with Gasteiger partial charge in [-0.25, -0.2) is 0 Å². The molecule has 1 N–H and O–H groups in total. The highest BCUT2D eigenvalue weighted by Crippen LogP contribution is 2.43. The van der Waals surface area contributed by atoms with Gasteiger partial charge >= 0.3 is 0 Å². The summed E-state index contributed by atoms with van der Waals surface area (Å²) < 4.78 is 0. The molecule has 0 atom stereocenters. The summed E-state index contributed by atoms with van der Waals surface area (Å²) in [5.74, 6) is 0.345. The molecule has 0 radical (unpaired) electrons. The van der Waals surface area contributed by atoms with Crippen LogP contribution in [0.5, 0.6) is 0 Å². The molecule has 0 unspecified atom stereocenters. The predicted octanol–water partition coefficient (Wildman–Crippen LogP) is 1.85. The number of amides is 1. The normalized spacial score (nSPS) is 28.5. The Morgan fingerprint density at radius 1 is 1.00 bits per heavy atom. The zero-order chi connectivity index (χ0) is 8.44. The van der Waals surface area contributed by atoms with Crippen molar-refractivity contribution in [2.45, 2.75) is 44.9 Å². The van der Waals surface area contributed by atoms with Crippen LogP contribution in [0, 0.1) is 5.41 Å². The fourth-order valence-electron chi connectivity index (χ4n) is 2.62. The Hall–Kier alpha value is -0.530. The third kappa shape index (κ3) is 1.23. The van der Waals surface area contributed by atoms with Crippen LogP contribution in [0.1, 0.15) is 44.9 Å². The van der Waals surface area contributed by atoms with E-state index in [9.17, 15) is 4.79 Å². The molecule has 2 rings (SSSR count). The Morgan fingerprint density at radius 2 is 1.58 bits per heavy atom. The van der Waals surface area contributed by atoms with Crippen molar-refractivity contribution in [1.82, 2.24) is 5.32 Å². The van der Waals surface area contributed by atoms with E-state index in [0.717, 1.165) is 25.8 Å². The summed E-state index contributed by atoms with van der Waals surface area (Å²) >= 11 is 0. The molecular formula is C10H17NO. The molecule has 1 saturated carbocycles. The number of carbonyl (C=O) groups excluding carboxylic acids is 1. The van der Waals surface area contributed by atoms with E-state index in [1.807, 2.05) is 0 Å². The Balaban J connectivity index is 2.13. The standard InChI is InChI=1S/C10H17NO/c12-9-10(5-1-2-6-10)7-3-4-8-11-9/h1-8H2,(H,11,12). The second kappa shape index (κ2) is 3.08. The molecule has 1 aliphatic heterocycles. The van der Waals surface area contributed by atoms with Crippen molar-refractivity contribution in [1.29, 1.82) is 0 Å². The SMILES string of the molecule is O=C1NCCCCC12CCCC2. The Morgan fingerprint density at radius 3 is 2.25 bits per heavy atom. The fourth-order valence-corrected chi connectivity index (χ4v) is 2.62. The summed E-state index contributed by atoms with van der Waals surface area (Å²) in [5.41, 5.74) is 0.0660. The van der Waals surface area contributed by atoms with Gasteiger partial charge in [0.2, 0.25) is 5.91 Å². The van der Waals surface area contributed by atoms with Gasteiger partial charge in [-0.1, -0.05) is 19.3 Å². The van der Waals surface area contributed by atoms with E-state index in [1.165, 1.54) is 25.7 Å². The zero-order valence-electron chi connectivity index (χ0n) is 7.57. The molecule has 1 aliphatic carbocycles. The Bertz CT molecular complexity index is 182. The summed E-state index contributed by atoms with van der Waals surface area (Å²) in [4.78, 5) is 11.7. The summed E-state index contributed by atoms with van der Waals surface area (Å²) in [6, 6.07) is 0. The van der Waals surface area contributed by atoms with Gasteiger partial charge < -0.3 is 5.32 Å². The van der Waals surface area contributed by atoms with Gasteiger partial charge in [0.05, 0.1) is 0 Å². The molecule has 2 heteroatoms. The van der Waals surface area contributed by atoms with Gasteiger partial charge in [-0.3, -0.25) is 4.79 Å². The lowest BCUT2D eigenvalue weighted by Crippen LogP contribution is -2.37. The average molecular weight is 167 g/mol. The zero-order valence-corrected chi connectivity index (χ0v) is 7.57. The van der Waals surface area contributed by atoms with Crippen LogP contribution in [0.2, 0.25) is 0 Å². The van der Waals surface area contributed by atoms with Crippen LogP contribution in [0.25, 0.3) is 0 Å². The molecule has 0 aromatic heterocycles. The maximum Gasteiger partial charge on any atom is 0.226 e. The first-order valence-electron chi connectivity index (χ1n) is 5.12. The van der Waals surface area contributed by atoms with E-state index in [2.05, 4.69) is 5.32 Å². The highest BCUT2D eigenvalue weighted by atomic mass is 16.2. The summed E-state index contributed by atoms with van der Waals surface area (Å²) in [6.45, 7) is 0.903. The minimum Gasteiger partial charge on any atom is -0.356 e. The van der Waals surface area contributed by atoms with Crippen LogP contribution in [0.4, 0.5) is 0 Å². The molecule has 68 valence electrons. The third-order valence-corrected chi connectivity index (χ3v) is 3.41. The minimum atomic E-state index is 0.0660. The van der Waals surface area contributed by atoms with Crippen molar-refractivity contribution < 1.29 is 4.79 Å². The first-order valence-corrected chi connectivity index (χ1v) is 5.12. The molecule has 2 fully saturated rings. The summed E-state index contributed by atoms with van der Waals surface area (Å²) in [6.07, 6.45) is 8.34. The van der Waals surface area contributed by atoms with Crippen molar-refractivity contribution in [3.63, 3.8) is 0 Å². The number of hydrogen-bond acceptors (Lipinski definition) is 1. The van der Waals surface area contributed by atoms with Crippen molar-refractivity contribution in [2.24, 2.45) is 5.41 Å². The molecular weight excluding hydrogens is 150 g/mol. The molecule has 1 heterocycles. The van der Waals surface area contributed by atoms with Crippen LogP contribution >= 0.6 is 0 Å². The van der Waals surface area contributed by atoms with Crippen LogP contribution in [-0.2, 0) is 4.79 Å². The molecule has 0 bridgehead atoms. The molecule has 1 saturated heterocycles. The third-order valence-electron chi connectivity index (χ3n) is 3.41. The van der Waals surface area contributed by atoms with E-state index in [0.29, 0.717) is 5.91 Å². The van der Waals surface area contributed by atoms with Crippen LogP contribution in [0.15, 0.2) is 0 Å². The summed E-state index contributed by atoms with van der Waals surface area (Å²) in [5, 5.41) is 3.04. The van der Waals surface area contributed by atoms with Crippen LogP contribution in [0.3, 0.4) is 0 Å². The van der Waals surface area contributed by atoms with Gasteiger partial charge in [0.1, 0.15) is 0 Å². The Kier molecular flexibility index (Phi) is 2.07. The average Bonchev–Trinajstić information content (AvgIpc) is 2.45. The molecule has 1 amide bonds. The van der Waals surface area contributed by atoms with Gasteiger partial charge in [0, 0.05) is 12.0 Å². The van der Waals surface area contributed by atoms with E-state index in [1.54, 1.807) is 0 Å². The van der Waals surface area contributed by atoms with Crippen molar-refractivity contribution >= 4 is 5.91 Å². The lowest BCUT2D eigenvalue weighted by Gasteiger charge is -2.24. The molecule has 0 aromatic carbocycles. The van der Waals surface area contributed by atoms with Crippen LogP contribution < -0.4 is 5.32 Å². The maximum atomic E-state index is 11.7. The second-order valence-electron chi connectivity index (χ2n) is 4.20. The smallest absolute Gasteiger partial charge is 0.226 e. The largest absolute Gasteiger partial charge is 0.356 e. The molecule has 12 heavy (non-hydrogen) atoms.